The van der Waals surface area contributed by atoms with Crippen LogP contribution in [0.1, 0.15) is 22.5 Å². The van der Waals surface area contributed by atoms with Crippen molar-refractivity contribution in [3.8, 4) is 11.5 Å². The van der Waals surface area contributed by atoms with E-state index in [4.69, 9.17) is 9.47 Å². The van der Waals surface area contributed by atoms with Gasteiger partial charge in [-0.1, -0.05) is 6.07 Å². The molecule has 1 saturated heterocycles. The molecule has 2 amide bonds. The first-order valence-electron chi connectivity index (χ1n) is 9.43. The molecule has 0 bridgehead atoms. The summed E-state index contributed by atoms with van der Waals surface area (Å²) >= 11 is 1.44. The number of likely N-dealkylation sites (N-methyl/N-ethyl adjacent to an activating group) is 1. The van der Waals surface area contributed by atoms with Crippen molar-refractivity contribution in [2.24, 2.45) is 5.92 Å². The van der Waals surface area contributed by atoms with E-state index in [1.807, 2.05) is 41.8 Å². The number of carbonyl (C=O) groups is 2. The third kappa shape index (κ3) is 5.04. The maximum Gasteiger partial charge on any atom is 0.263 e. The van der Waals surface area contributed by atoms with Gasteiger partial charge >= 0.3 is 0 Å². The highest BCUT2D eigenvalue weighted by Gasteiger charge is 2.30. The SMILES string of the molecule is COc1ccc(OCCN(C)C(=O)C2CCCN(C(=O)c3cccs3)C2)cc1. The highest BCUT2D eigenvalue weighted by molar-refractivity contribution is 7.12. The van der Waals surface area contributed by atoms with Crippen LogP contribution in [-0.2, 0) is 4.79 Å². The van der Waals surface area contributed by atoms with Gasteiger partial charge in [-0.2, -0.15) is 0 Å². The Kier molecular flexibility index (Phi) is 6.92. The first-order valence-corrected chi connectivity index (χ1v) is 10.3. The van der Waals surface area contributed by atoms with Crippen LogP contribution in [0.2, 0.25) is 0 Å². The van der Waals surface area contributed by atoms with E-state index in [2.05, 4.69) is 0 Å². The van der Waals surface area contributed by atoms with Gasteiger partial charge in [-0.25, -0.2) is 0 Å². The lowest BCUT2D eigenvalue weighted by molar-refractivity contribution is -0.135. The number of thiophene rings is 1. The Morgan fingerprint density at radius 2 is 1.96 bits per heavy atom. The minimum atomic E-state index is -0.149. The standard InChI is InChI=1S/C21H26N2O4S/c1-22(12-13-27-18-9-7-17(26-2)8-10-18)20(24)16-5-3-11-23(15-16)21(25)19-6-4-14-28-19/h4,6-10,14,16H,3,5,11-13,15H2,1-2H3. The number of ether oxygens (including phenoxy) is 2. The van der Waals surface area contributed by atoms with E-state index < -0.39 is 0 Å². The molecule has 6 nitrogen and oxygen atoms in total. The molecule has 1 aliphatic heterocycles. The third-order valence-corrected chi connectivity index (χ3v) is 5.78. The quantitative estimate of drug-likeness (QED) is 0.714. The summed E-state index contributed by atoms with van der Waals surface area (Å²) in [5, 5.41) is 1.90. The van der Waals surface area contributed by atoms with E-state index in [0.29, 0.717) is 26.2 Å². The monoisotopic (exact) mass is 402 g/mol. The Hall–Kier alpha value is -2.54. The number of hydrogen-bond donors (Lipinski definition) is 0. The Balaban J connectivity index is 1.47. The summed E-state index contributed by atoms with van der Waals surface area (Å²) < 4.78 is 10.8. The number of amides is 2. The van der Waals surface area contributed by atoms with Gasteiger partial charge in [0, 0.05) is 20.1 Å². The normalized spacial score (nSPS) is 16.5. The molecule has 1 aromatic heterocycles. The molecule has 1 fully saturated rings. The Morgan fingerprint density at radius 3 is 2.64 bits per heavy atom. The molecule has 150 valence electrons. The Morgan fingerprint density at radius 1 is 1.21 bits per heavy atom. The molecule has 0 aliphatic carbocycles. The van der Waals surface area contributed by atoms with Gasteiger partial charge in [0.05, 0.1) is 24.4 Å². The van der Waals surface area contributed by atoms with Crippen molar-refractivity contribution in [1.82, 2.24) is 9.80 Å². The molecule has 0 radical (unpaired) electrons. The van der Waals surface area contributed by atoms with Crippen LogP contribution in [0.15, 0.2) is 41.8 Å². The average molecular weight is 403 g/mol. The predicted octanol–water partition coefficient (Wildman–Crippen LogP) is 3.15. The van der Waals surface area contributed by atoms with Crippen molar-refractivity contribution in [2.45, 2.75) is 12.8 Å². The summed E-state index contributed by atoms with van der Waals surface area (Å²) in [5.74, 6) is 1.47. The minimum absolute atomic E-state index is 0.0259. The summed E-state index contributed by atoms with van der Waals surface area (Å²) in [4.78, 5) is 29.6. The van der Waals surface area contributed by atoms with E-state index in [1.54, 1.807) is 24.0 Å². The van der Waals surface area contributed by atoms with Gasteiger partial charge in [0.25, 0.3) is 5.91 Å². The maximum absolute atomic E-state index is 12.8. The summed E-state index contributed by atoms with van der Waals surface area (Å²) in [6, 6.07) is 11.1. The van der Waals surface area contributed by atoms with Crippen LogP contribution in [0.3, 0.4) is 0 Å². The van der Waals surface area contributed by atoms with E-state index in [9.17, 15) is 9.59 Å². The van der Waals surface area contributed by atoms with Crippen LogP contribution in [0, 0.1) is 5.92 Å². The number of likely N-dealkylation sites (tertiary alicyclic amines) is 1. The van der Waals surface area contributed by atoms with Crippen LogP contribution in [0.25, 0.3) is 0 Å². The zero-order chi connectivity index (χ0) is 19.9. The van der Waals surface area contributed by atoms with E-state index in [1.165, 1.54) is 11.3 Å². The van der Waals surface area contributed by atoms with Crippen molar-refractivity contribution in [3.63, 3.8) is 0 Å². The lowest BCUT2D eigenvalue weighted by atomic mass is 9.96. The zero-order valence-corrected chi connectivity index (χ0v) is 17.1. The van der Waals surface area contributed by atoms with Crippen LogP contribution in [0.5, 0.6) is 11.5 Å². The van der Waals surface area contributed by atoms with E-state index in [-0.39, 0.29) is 17.7 Å². The number of piperidine rings is 1. The fourth-order valence-electron chi connectivity index (χ4n) is 3.31. The molecule has 1 aliphatic rings. The molecule has 1 unspecified atom stereocenters. The van der Waals surface area contributed by atoms with Gasteiger partial charge in [-0.15, -0.1) is 11.3 Å². The fraction of sp³-hybridized carbons (Fsp3) is 0.429. The van der Waals surface area contributed by atoms with Crippen molar-refractivity contribution >= 4 is 23.2 Å². The summed E-state index contributed by atoms with van der Waals surface area (Å²) in [5.41, 5.74) is 0. The highest BCUT2D eigenvalue weighted by atomic mass is 32.1. The van der Waals surface area contributed by atoms with Crippen LogP contribution in [0.4, 0.5) is 0 Å². The number of hydrogen-bond acceptors (Lipinski definition) is 5. The summed E-state index contributed by atoms with van der Waals surface area (Å²) in [6.45, 7) is 2.11. The van der Waals surface area contributed by atoms with Gasteiger partial charge in [-0.3, -0.25) is 9.59 Å². The van der Waals surface area contributed by atoms with E-state index >= 15 is 0 Å². The van der Waals surface area contributed by atoms with Crippen molar-refractivity contribution in [2.75, 3.05) is 40.4 Å². The summed E-state index contributed by atoms with van der Waals surface area (Å²) in [6.07, 6.45) is 1.67. The average Bonchev–Trinajstić information content (AvgIpc) is 3.28. The highest BCUT2D eigenvalue weighted by Crippen LogP contribution is 2.22. The summed E-state index contributed by atoms with van der Waals surface area (Å²) in [7, 11) is 3.41. The first kappa shape index (κ1) is 20.2. The molecule has 28 heavy (non-hydrogen) atoms. The molecule has 0 spiro atoms. The first-order chi connectivity index (χ1) is 13.6. The van der Waals surface area contributed by atoms with Gasteiger partial charge in [0.1, 0.15) is 18.1 Å². The number of rotatable bonds is 7. The second-order valence-electron chi connectivity index (χ2n) is 6.85. The van der Waals surface area contributed by atoms with Crippen molar-refractivity contribution < 1.29 is 19.1 Å². The van der Waals surface area contributed by atoms with Gasteiger partial charge < -0.3 is 19.3 Å². The Labute approximate surface area is 169 Å². The molecule has 0 N–H and O–H groups in total. The smallest absolute Gasteiger partial charge is 0.263 e. The number of benzene rings is 1. The fourth-order valence-corrected chi connectivity index (χ4v) is 4.00. The lowest BCUT2D eigenvalue weighted by Gasteiger charge is -2.33. The van der Waals surface area contributed by atoms with E-state index in [0.717, 1.165) is 29.2 Å². The number of carbonyl (C=O) groups excluding carboxylic acids is 2. The topological polar surface area (TPSA) is 59.1 Å². The van der Waals surface area contributed by atoms with Crippen molar-refractivity contribution in [3.05, 3.63) is 46.7 Å². The van der Waals surface area contributed by atoms with Gasteiger partial charge in [0.15, 0.2) is 0 Å². The van der Waals surface area contributed by atoms with Crippen LogP contribution in [-0.4, -0.2) is 62.0 Å². The second kappa shape index (κ2) is 9.59. The van der Waals surface area contributed by atoms with Crippen LogP contribution >= 0.6 is 11.3 Å². The predicted molar refractivity (Wildman–Crippen MR) is 109 cm³/mol. The molecule has 3 rings (SSSR count). The Bertz CT molecular complexity index is 776. The molecular formula is C21H26N2O4S. The van der Waals surface area contributed by atoms with Crippen molar-refractivity contribution in [1.29, 1.82) is 0 Å². The van der Waals surface area contributed by atoms with Gasteiger partial charge in [0.2, 0.25) is 5.91 Å². The number of nitrogens with zero attached hydrogens (tertiary/aromatic N) is 2. The third-order valence-electron chi connectivity index (χ3n) is 4.92. The molecule has 1 aromatic carbocycles. The molecule has 7 heteroatoms. The zero-order valence-electron chi connectivity index (χ0n) is 16.3. The largest absolute Gasteiger partial charge is 0.497 e. The molecular weight excluding hydrogens is 376 g/mol. The molecule has 1 atom stereocenters. The van der Waals surface area contributed by atoms with Crippen LogP contribution < -0.4 is 9.47 Å². The molecule has 2 heterocycles. The maximum atomic E-state index is 12.8. The molecule has 2 aromatic rings. The lowest BCUT2D eigenvalue weighted by Crippen LogP contribution is -2.46. The second-order valence-corrected chi connectivity index (χ2v) is 7.80. The number of methoxy groups -OCH3 is 1. The molecule has 0 saturated carbocycles. The van der Waals surface area contributed by atoms with Gasteiger partial charge in [-0.05, 0) is 48.6 Å². The minimum Gasteiger partial charge on any atom is -0.497 e.